The Bertz CT molecular complexity index is 209. The molecule has 0 spiro atoms. The van der Waals surface area contributed by atoms with Gasteiger partial charge in [-0.1, -0.05) is 39.5 Å². The first-order valence-corrected chi connectivity index (χ1v) is 5.20. The fraction of sp³-hybridized carbons (Fsp3) is 0.778. The van der Waals surface area contributed by atoms with Gasteiger partial charge >= 0.3 is 0 Å². The molecule has 0 aromatic heterocycles. The number of nitrogens with one attached hydrogen (secondary N) is 1. The summed E-state index contributed by atoms with van der Waals surface area (Å²) in [5.41, 5.74) is 4.90. The van der Waals surface area contributed by atoms with Crippen molar-refractivity contribution in [3.05, 3.63) is 0 Å². The molecule has 0 aromatic carbocycles. The van der Waals surface area contributed by atoms with Gasteiger partial charge in [0.1, 0.15) is 0 Å². The summed E-state index contributed by atoms with van der Waals surface area (Å²) in [6, 6.07) is -0.558. The van der Waals surface area contributed by atoms with E-state index in [0.29, 0.717) is 12.3 Å². The highest BCUT2D eigenvalue weighted by Gasteiger charge is 2.23. The summed E-state index contributed by atoms with van der Waals surface area (Å²) in [5.74, 6) is -1.11. The van der Waals surface area contributed by atoms with E-state index < -0.39 is 17.7 Å². The van der Waals surface area contributed by atoms with Crippen molar-refractivity contribution in [2.45, 2.75) is 39.2 Å². The van der Waals surface area contributed by atoms with Gasteiger partial charge in [0, 0.05) is 0 Å². The first-order valence-electron chi connectivity index (χ1n) is 4.76. The van der Waals surface area contributed by atoms with Crippen LogP contribution in [0.15, 0.2) is 0 Å². The van der Waals surface area contributed by atoms with Crippen LogP contribution in [-0.4, -0.2) is 17.7 Å². The molecule has 0 aliphatic rings. The molecule has 0 aromatic rings. The summed E-state index contributed by atoms with van der Waals surface area (Å²) in [6.07, 6.45) is 2.68. The van der Waals surface area contributed by atoms with Gasteiger partial charge in [0.2, 0.25) is 5.78 Å². The molecule has 82 valence electrons. The molecule has 0 heterocycles. The van der Waals surface area contributed by atoms with E-state index in [1.54, 1.807) is 0 Å². The number of amides is 1. The largest absolute Gasteiger partial charge is 0.363 e. The minimum Gasteiger partial charge on any atom is -0.363 e. The van der Waals surface area contributed by atoms with E-state index >= 15 is 0 Å². The maximum atomic E-state index is 11.2. The Kier molecular flexibility index (Phi) is 6.57. The van der Waals surface area contributed by atoms with E-state index in [-0.39, 0.29) is 0 Å². The zero-order valence-electron chi connectivity index (χ0n) is 8.62. The lowest BCUT2D eigenvalue weighted by molar-refractivity contribution is -0.137. The number of Topliss-reactive ketones (excluding diaryl/α,β-unsaturated/α-hetero) is 1. The molecule has 0 aliphatic heterocycles. The summed E-state index contributed by atoms with van der Waals surface area (Å²) < 4.78 is 2.52. The molecule has 5 heteroatoms. The molecule has 2 atom stereocenters. The van der Waals surface area contributed by atoms with Crippen LogP contribution in [0, 0.1) is 5.92 Å². The first kappa shape index (κ1) is 13.4. The molecular formula is C9H18N2O2S. The van der Waals surface area contributed by atoms with E-state index in [4.69, 9.17) is 5.73 Å². The number of carbonyl (C=O) groups is 2. The molecule has 2 unspecified atom stereocenters. The number of ketones is 1. The maximum Gasteiger partial charge on any atom is 0.286 e. The Morgan fingerprint density at radius 3 is 2.43 bits per heavy atom. The number of primary amides is 1. The van der Waals surface area contributed by atoms with Crippen LogP contribution in [0.3, 0.4) is 0 Å². The predicted molar refractivity (Wildman–Crippen MR) is 58.8 cm³/mol. The van der Waals surface area contributed by atoms with Crippen molar-refractivity contribution in [3.8, 4) is 0 Å². The van der Waals surface area contributed by atoms with Crippen LogP contribution in [0.2, 0.25) is 0 Å². The van der Waals surface area contributed by atoms with Crippen molar-refractivity contribution < 1.29 is 9.59 Å². The summed E-state index contributed by atoms with van der Waals surface area (Å²) >= 11 is 3.81. The SMILES string of the molecule is CCCC(C)CC(NS)C(=O)C(N)=O. The Hall–Kier alpha value is -0.550. The lowest BCUT2D eigenvalue weighted by atomic mass is 9.95. The summed E-state index contributed by atoms with van der Waals surface area (Å²) in [6.45, 7) is 4.12. The smallest absolute Gasteiger partial charge is 0.286 e. The van der Waals surface area contributed by atoms with E-state index in [1.807, 2.05) is 6.92 Å². The van der Waals surface area contributed by atoms with Crippen molar-refractivity contribution >= 4 is 24.5 Å². The number of hydrogen-bond donors (Lipinski definition) is 3. The van der Waals surface area contributed by atoms with Gasteiger partial charge in [-0.05, 0) is 12.3 Å². The number of thiol groups is 1. The van der Waals surface area contributed by atoms with Gasteiger partial charge in [0.15, 0.2) is 0 Å². The van der Waals surface area contributed by atoms with E-state index in [2.05, 4.69) is 24.5 Å². The fourth-order valence-corrected chi connectivity index (χ4v) is 1.63. The van der Waals surface area contributed by atoms with Crippen LogP contribution in [0.1, 0.15) is 33.1 Å². The highest BCUT2D eigenvalue weighted by molar-refractivity contribution is 7.78. The second-order valence-corrected chi connectivity index (χ2v) is 3.80. The lowest BCUT2D eigenvalue weighted by Crippen LogP contribution is -2.40. The van der Waals surface area contributed by atoms with Crippen molar-refractivity contribution in [3.63, 3.8) is 0 Å². The van der Waals surface area contributed by atoms with Gasteiger partial charge in [-0.15, -0.1) is 0 Å². The molecule has 0 aliphatic carbocycles. The Balaban J connectivity index is 4.14. The number of hydrogen-bond acceptors (Lipinski definition) is 4. The highest BCUT2D eigenvalue weighted by Crippen LogP contribution is 2.13. The van der Waals surface area contributed by atoms with Crippen LogP contribution in [-0.2, 0) is 9.59 Å². The van der Waals surface area contributed by atoms with Crippen molar-refractivity contribution in [2.75, 3.05) is 0 Å². The normalized spacial score (nSPS) is 14.8. The topological polar surface area (TPSA) is 72.2 Å². The van der Waals surface area contributed by atoms with Crippen LogP contribution < -0.4 is 10.5 Å². The van der Waals surface area contributed by atoms with Crippen LogP contribution in [0.5, 0.6) is 0 Å². The third-order valence-electron chi connectivity index (χ3n) is 2.13. The number of carbonyl (C=O) groups excluding carboxylic acids is 2. The molecule has 0 bridgehead atoms. The van der Waals surface area contributed by atoms with Crippen molar-refractivity contribution in [1.82, 2.24) is 4.72 Å². The van der Waals surface area contributed by atoms with Gasteiger partial charge in [0.25, 0.3) is 5.91 Å². The van der Waals surface area contributed by atoms with Gasteiger partial charge in [0.05, 0.1) is 6.04 Å². The fourth-order valence-electron chi connectivity index (χ4n) is 1.40. The highest BCUT2D eigenvalue weighted by atomic mass is 32.1. The minimum absolute atomic E-state index is 0.382. The van der Waals surface area contributed by atoms with Crippen LogP contribution in [0.4, 0.5) is 0 Å². The van der Waals surface area contributed by atoms with E-state index in [9.17, 15) is 9.59 Å². The van der Waals surface area contributed by atoms with Crippen LogP contribution >= 0.6 is 12.8 Å². The second kappa shape index (κ2) is 6.84. The zero-order valence-corrected chi connectivity index (χ0v) is 9.51. The Labute approximate surface area is 90.2 Å². The summed E-state index contributed by atoms with van der Waals surface area (Å²) in [7, 11) is 0. The molecule has 0 saturated carbocycles. The predicted octanol–water partition coefficient (Wildman–Crippen LogP) is 0.670. The van der Waals surface area contributed by atoms with Gasteiger partial charge in [-0.3, -0.25) is 14.3 Å². The van der Waals surface area contributed by atoms with E-state index in [0.717, 1.165) is 12.8 Å². The number of rotatable bonds is 7. The Morgan fingerprint density at radius 1 is 1.50 bits per heavy atom. The average Bonchev–Trinajstić information content (AvgIpc) is 2.13. The molecule has 0 radical (unpaired) electrons. The molecule has 4 nitrogen and oxygen atoms in total. The maximum absolute atomic E-state index is 11.2. The Morgan fingerprint density at radius 2 is 2.07 bits per heavy atom. The molecule has 0 rings (SSSR count). The lowest BCUT2D eigenvalue weighted by Gasteiger charge is -2.16. The monoisotopic (exact) mass is 218 g/mol. The molecule has 1 amide bonds. The molecule has 0 fully saturated rings. The summed E-state index contributed by atoms with van der Waals surface area (Å²) in [5, 5.41) is 0. The third kappa shape index (κ3) is 4.62. The summed E-state index contributed by atoms with van der Waals surface area (Å²) in [4.78, 5) is 21.9. The number of nitrogens with two attached hydrogens (primary N) is 1. The van der Waals surface area contributed by atoms with Crippen molar-refractivity contribution in [2.24, 2.45) is 11.7 Å². The minimum atomic E-state index is -0.903. The van der Waals surface area contributed by atoms with Crippen molar-refractivity contribution in [1.29, 1.82) is 0 Å². The van der Waals surface area contributed by atoms with Crippen LogP contribution in [0.25, 0.3) is 0 Å². The van der Waals surface area contributed by atoms with Gasteiger partial charge in [-0.25, -0.2) is 0 Å². The molecule has 3 N–H and O–H groups in total. The molecule has 0 saturated heterocycles. The average molecular weight is 218 g/mol. The molecular weight excluding hydrogens is 200 g/mol. The first-order chi connectivity index (χ1) is 6.52. The quantitative estimate of drug-likeness (QED) is 0.434. The standard InChI is InChI=1S/C9H18N2O2S/c1-3-4-6(2)5-7(11-14)8(12)9(10)13/h6-7,11,14H,3-5H2,1-2H3,(H2,10,13). The second-order valence-electron chi connectivity index (χ2n) is 3.54. The molecule has 14 heavy (non-hydrogen) atoms. The van der Waals surface area contributed by atoms with E-state index in [1.165, 1.54) is 0 Å². The van der Waals surface area contributed by atoms with Gasteiger partial charge < -0.3 is 5.73 Å². The van der Waals surface area contributed by atoms with Gasteiger partial charge in [-0.2, -0.15) is 0 Å². The zero-order chi connectivity index (χ0) is 11.1. The third-order valence-corrected chi connectivity index (χ3v) is 2.45.